The Balaban J connectivity index is 1.47. The van der Waals surface area contributed by atoms with Crippen LogP contribution in [0.5, 0.6) is 5.75 Å². The van der Waals surface area contributed by atoms with Crippen molar-refractivity contribution in [2.24, 2.45) is 0 Å². The van der Waals surface area contributed by atoms with Crippen molar-refractivity contribution in [3.8, 4) is 28.2 Å². The van der Waals surface area contributed by atoms with Gasteiger partial charge in [-0.2, -0.15) is 0 Å². The number of benzene rings is 3. The van der Waals surface area contributed by atoms with Gasteiger partial charge in [-0.25, -0.2) is 4.79 Å². The molecule has 2 aromatic carbocycles. The first-order valence-electron chi connectivity index (χ1n) is 13.9. The summed E-state index contributed by atoms with van der Waals surface area (Å²) < 4.78 is 5.84. The highest BCUT2D eigenvalue weighted by atomic mass is 32.1. The van der Waals surface area contributed by atoms with Crippen molar-refractivity contribution in [3.05, 3.63) is 70.4 Å². The molecule has 7 N–H and O–H groups in total. The lowest BCUT2D eigenvalue weighted by Gasteiger charge is -2.25. The molecule has 0 unspecified atom stereocenters. The molecule has 15 heteroatoms. The molecule has 0 saturated heterocycles. The second-order valence-corrected chi connectivity index (χ2v) is 10.7. The van der Waals surface area contributed by atoms with Gasteiger partial charge >= 0.3 is 23.9 Å². The fourth-order valence-corrected chi connectivity index (χ4v) is 5.31. The van der Waals surface area contributed by atoms with Crippen LogP contribution in [0.3, 0.4) is 0 Å². The molecule has 1 heterocycles. The van der Waals surface area contributed by atoms with Crippen LogP contribution in [0.2, 0.25) is 0 Å². The third-order valence-corrected chi connectivity index (χ3v) is 7.29. The Bertz CT molecular complexity index is 1840. The second kappa shape index (κ2) is 14.5. The van der Waals surface area contributed by atoms with Crippen molar-refractivity contribution < 1.29 is 49.1 Å². The number of hydrogen-bond acceptors (Lipinski definition) is 9. The molecule has 46 heavy (non-hydrogen) atoms. The third-order valence-electron chi connectivity index (χ3n) is 7.05. The zero-order valence-electron chi connectivity index (χ0n) is 24.1. The van der Waals surface area contributed by atoms with Crippen LogP contribution in [-0.2, 0) is 14.4 Å². The van der Waals surface area contributed by atoms with E-state index in [1.54, 1.807) is 24.3 Å². The van der Waals surface area contributed by atoms with Crippen LogP contribution in [-0.4, -0.2) is 85.1 Å². The first-order chi connectivity index (χ1) is 21.8. The minimum atomic E-state index is -1.34. The number of unbranched alkanes of at least 4 members (excludes halogenated alkanes) is 1. The van der Waals surface area contributed by atoms with E-state index in [9.17, 15) is 39.3 Å². The van der Waals surface area contributed by atoms with Crippen LogP contribution in [0.1, 0.15) is 29.6 Å². The van der Waals surface area contributed by atoms with Crippen LogP contribution in [0.15, 0.2) is 63.8 Å². The van der Waals surface area contributed by atoms with Gasteiger partial charge in [-0.15, -0.1) is 0 Å². The number of nitrogens with one attached hydrogen (secondary N) is 2. The molecule has 0 amide bonds. The molecular weight excluding hydrogens is 622 g/mol. The molecule has 14 nitrogen and oxygen atoms in total. The fraction of sp³-hybridized carbons (Fsp3) is 0.226. The Morgan fingerprint density at radius 1 is 0.870 bits per heavy atom. The van der Waals surface area contributed by atoms with E-state index in [0.29, 0.717) is 47.2 Å². The molecule has 0 radical (unpaired) electrons. The number of rotatable bonds is 14. The standard InChI is InChI=1S/C31H29N3O11S/c35-17-5-8-20-24(12-17)45-25-13-18(36)6-9-21(25)28(20)19-7-4-16(11-22(19)29(41)42)33-31(46)32-10-2-1-3-23(30(43)44)34(14-26(37)38)15-27(39)40/h4-9,11-13,23,35H,1-3,10,14-15H2,(H,37,38)(H,39,40)(H,41,42)(H,43,44)(H2,32,33,46)/t23-/m0/s1. The van der Waals surface area contributed by atoms with Crippen molar-refractivity contribution in [1.82, 2.24) is 10.2 Å². The van der Waals surface area contributed by atoms with Crippen molar-refractivity contribution in [1.29, 1.82) is 0 Å². The van der Waals surface area contributed by atoms with Crippen LogP contribution >= 0.6 is 12.2 Å². The van der Waals surface area contributed by atoms with Gasteiger partial charge in [0, 0.05) is 40.9 Å². The maximum atomic E-state index is 12.4. The molecule has 0 bridgehead atoms. The van der Waals surface area contributed by atoms with Gasteiger partial charge < -0.3 is 40.6 Å². The van der Waals surface area contributed by atoms with E-state index in [2.05, 4.69) is 10.6 Å². The van der Waals surface area contributed by atoms with Crippen molar-refractivity contribution >= 4 is 57.9 Å². The molecule has 1 aliphatic heterocycles. The van der Waals surface area contributed by atoms with E-state index < -0.39 is 43.0 Å². The van der Waals surface area contributed by atoms with Crippen molar-refractivity contribution in [3.63, 3.8) is 0 Å². The van der Waals surface area contributed by atoms with Gasteiger partial charge in [-0.1, -0.05) is 6.07 Å². The lowest BCUT2D eigenvalue weighted by Crippen LogP contribution is -2.46. The number of aromatic hydroxyl groups is 1. The molecule has 2 aliphatic rings. The minimum Gasteiger partial charge on any atom is -0.508 e. The number of carboxylic acid groups (broad SMARTS) is 4. The number of phenolic OH excluding ortho intramolecular Hbond substituents is 1. The highest BCUT2D eigenvalue weighted by molar-refractivity contribution is 7.80. The van der Waals surface area contributed by atoms with Crippen LogP contribution < -0.4 is 16.1 Å². The number of fused-ring (bicyclic) bond motifs is 2. The molecule has 1 aliphatic carbocycles. The smallest absolute Gasteiger partial charge is 0.336 e. The summed E-state index contributed by atoms with van der Waals surface area (Å²) in [7, 11) is 0. The van der Waals surface area contributed by atoms with Gasteiger partial charge in [0.05, 0.1) is 18.7 Å². The highest BCUT2D eigenvalue weighted by Gasteiger charge is 2.28. The predicted octanol–water partition coefficient (Wildman–Crippen LogP) is 3.35. The summed E-state index contributed by atoms with van der Waals surface area (Å²) >= 11 is 5.33. The van der Waals surface area contributed by atoms with E-state index >= 15 is 0 Å². The van der Waals surface area contributed by atoms with Crippen molar-refractivity contribution in [2.45, 2.75) is 25.3 Å². The number of carboxylic acids is 4. The lowest BCUT2D eigenvalue weighted by molar-refractivity contribution is -0.149. The predicted molar refractivity (Wildman–Crippen MR) is 170 cm³/mol. The van der Waals surface area contributed by atoms with Gasteiger partial charge in [-0.3, -0.25) is 24.1 Å². The van der Waals surface area contributed by atoms with Gasteiger partial charge in [0.1, 0.15) is 23.1 Å². The number of carbonyl (C=O) groups is 4. The molecule has 240 valence electrons. The Labute approximate surface area is 265 Å². The Kier molecular flexibility index (Phi) is 10.5. The zero-order chi connectivity index (χ0) is 33.5. The number of hydrogen-bond donors (Lipinski definition) is 7. The summed E-state index contributed by atoms with van der Waals surface area (Å²) in [5.74, 6) is -5.10. The number of phenols is 1. The summed E-state index contributed by atoms with van der Waals surface area (Å²) in [6.45, 7) is -1.17. The second-order valence-electron chi connectivity index (χ2n) is 10.3. The molecule has 1 atom stereocenters. The largest absolute Gasteiger partial charge is 0.508 e. The molecule has 0 spiro atoms. The Morgan fingerprint density at radius 3 is 2.22 bits per heavy atom. The van der Waals surface area contributed by atoms with Gasteiger partial charge in [0.15, 0.2) is 10.5 Å². The maximum Gasteiger partial charge on any atom is 0.336 e. The van der Waals surface area contributed by atoms with Gasteiger partial charge in [-0.05, 0) is 73.4 Å². The number of thiocarbonyl (C=S) groups is 1. The zero-order valence-corrected chi connectivity index (χ0v) is 24.9. The first-order valence-corrected chi connectivity index (χ1v) is 14.3. The SMILES string of the molecule is O=C(O)CN(CC(=O)O)[C@@H](CCCCNC(=S)Nc1ccc(-c2c3ccc(=O)cc-3oc3cc(O)ccc23)c(C(=O)O)c1)C(=O)O. The topological polar surface area (TPSA) is 227 Å². The lowest BCUT2D eigenvalue weighted by atomic mass is 9.90. The molecule has 4 rings (SSSR count). The van der Waals surface area contributed by atoms with E-state index in [-0.39, 0.29) is 39.6 Å². The molecule has 0 saturated carbocycles. The van der Waals surface area contributed by atoms with Gasteiger partial charge in [0.2, 0.25) is 0 Å². The van der Waals surface area contributed by atoms with Crippen LogP contribution in [0, 0.1) is 0 Å². The number of anilines is 1. The molecule has 2 aromatic rings. The average molecular weight is 652 g/mol. The van der Waals surface area contributed by atoms with Crippen LogP contribution in [0.4, 0.5) is 5.69 Å². The summed E-state index contributed by atoms with van der Waals surface area (Å²) in [5, 5.41) is 54.2. The number of aromatic carboxylic acids is 1. The summed E-state index contributed by atoms with van der Waals surface area (Å²) in [6.07, 6.45) is 0.739. The van der Waals surface area contributed by atoms with Crippen LogP contribution in [0.25, 0.3) is 33.4 Å². The fourth-order valence-electron chi connectivity index (χ4n) is 5.09. The maximum absolute atomic E-state index is 12.4. The molecule has 0 fully saturated rings. The normalized spacial score (nSPS) is 11.8. The van der Waals surface area contributed by atoms with E-state index in [1.165, 1.54) is 30.3 Å². The first kappa shape index (κ1) is 33.4. The average Bonchev–Trinajstić information content (AvgIpc) is 2.96. The number of aliphatic carboxylic acids is 3. The summed E-state index contributed by atoms with van der Waals surface area (Å²) in [4.78, 5) is 59.2. The van der Waals surface area contributed by atoms with E-state index in [1.807, 2.05) is 0 Å². The number of nitrogens with zero attached hydrogens (tertiary/aromatic N) is 1. The molecule has 0 aromatic heterocycles. The summed E-state index contributed by atoms with van der Waals surface area (Å²) in [5.41, 5.74) is 1.55. The Hall–Kier alpha value is -5.54. The van der Waals surface area contributed by atoms with Gasteiger partial charge in [0.25, 0.3) is 0 Å². The van der Waals surface area contributed by atoms with Crippen molar-refractivity contribution in [2.75, 3.05) is 25.0 Å². The van der Waals surface area contributed by atoms with E-state index in [4.69, 9.17) is 26.8 Å². The highest BCUT2D eigenvalue weighted by Crippen LogP contribution is 2.42. The summed E-state index contributed by atoms with van der Waals surface area (Å²) in [6, 6.07) is 11.9. The Morgan fingerprint density at radius 2 is 1.57 bits per heavy atom. The monoisotopic (exact) mass is 651 g/mol. The third kappa shape index (κ3) is 8.13. The minimum absolute atomic E-state index is 0.00702. The quantitative estimate of drug-likeness (QED) is 0.0589. The molecular formula is C31H29N3O11S. The van der Waals surface area contributed by atoms with E-state index in [0.717, 1.165) is 4.90 Å².